The zero-order valence-corrected chi connectivity index (χ0v) is 12.6. The van der Waals surface area contributed by atoms with E-state index < -0.39 is 11.8 Å². The fourth-order valence-corrected chi connectivity index (χ4v) is 3.16. The van der Waals surface area contributed by atoms with Crippen molar-refractivity contribution in [2.75, 3.05) is 5.75 Å². The Morgan fingerprint density at radius 2 is 2.00 bits per heavy atom. The lowest BCUT2D eigenvalue weighted by Gasteiger charge is -2.22. The van der Waals surface area contributed by atoms with Crippen molar-refractivity contribution < 1.29 is 14.8 Å². The Morgan fingerprint density at radius 1 is 1.35 bits per heavy atom. The maximum Gasteiger partial charge on any atom is 0.248 e. The van der Waals surface area contributed by atoms with Crippen LogP contribution >= 0.6 is 11.8 Å². The fourth-order valence-electron chi connectivity index (χ4n) is 2.04. The molecular formula is C15H21NO3S. The number of hydrogen-bond acceptors (Lipinski definition) is 4. The van der Waals surface area contributed by atoms with Crippen LogP contribution in [0.3, 0.4) is 0 Å². The van der Waals surface area contributed by atoms with Gasteiger partial charge in [-0.1, -0.05) is 32.0 Å². The third kappa shape index (κ3) is 5.35. The van der Waals surface area contributed by atoms with E-state index in [1.807, 2.05) is 44.2 Å². The van der Waals surface area contributed by atoms with Crippen molar-refractivity contribution in [2.45, 2.75) is 25.2 Å². The predicted octanol–water partition coefficient (Wildman–Crippen LogP) is 2.76. The molecule has 1 aromatic rings. The van der Waals surface area contributed by atoms with E-state index in [1.54, 1.807) is 5.48 Å². The number of hydroxylamine groups is 1. The van der Waals surface area contributed by atoms with Crippen molar-refractivity contribution in [3.8, 4) is 0 Å². The molecule has 0 radical (unpaired) electrons. The highest BCUT2D eigenvalue weighted by Crippen LogP contribution is 2.27. The van der Waals surface area contributed by atoms with Crippen LogP contribution in [0.25, 0.3) is 0 Å². The van der Waals surface area contributed by atoms with Crippen molar-refractivity contribution in [1.82, 2.24) is 5.48 Å². The molecule has 0 saturated carbocycles. The van der Waals surface area contributed by atoms with Gasteiger partial charge in [-0.25, -0.2) is 5.48 Å². The largest absolute Gasteiger partial charge is 0.303 e. The molecule has 5 heteroatoms. The Morgan fingerprint density at radius 3 is 2.50 bits per heavy atom. The van der Waals surface area contributed by atoms with E-state index in [1.165, 1.54) is 11.8 Å². The summed E-state index contributed by atoms with van der Waals surface area (Å²) in [5.41, 5.74) is 1.68. The molecule has 0 aliphatic carbocycles. The van der Waals surface area contributed by atoms with Gasteiger partial charge in [-0.2, -0.15) is 0 Å². The van der Waals surface area contributed by atoms with Gasteiger partial charge in [0.15, 0.2) is 0 Å². The van der Waals surface area contributed by atoms with Gasteiger partial charge < -0.3 is 4.79 Å². The molecular weight excluding hydrogens is 274 g/mol. The van der Waals surface area contributed by atoms with Crippen LogP contribution in [-0.4, -0.2) is 23.2 Å². The second-order valence-electron chi connectivity index (χ2n) is 5.14. The lowest BCUT2D eigenvalue weighted by molar-refractivity contribution is -0.136. The lowest BCUT2D eigenvalue weighted by Crippen LogP contribution is -2.36. The van der Waals surface area contributed by atoms with Gasteiger partial charge in [0, 0.05) is 16.6 Å². The third-order valence-electron chi connectivity index (χ3n) is 3.05. The predicted molar refractivity (Wildman–Crippen MR) is 79.6 cm³/mol. The van der Waals surface area contributed by atoms with E-state index in [0.29, 0.717) is 18.1 Å². The maximum absolute atomic E-state index is 11.8. The molecule has 0 heterocycles. The van der Waals surface area contributed by atoms with Gasteiger partial charge in [-0.3, -0.25) is 10.0 Å². The number of hydrogen-bond donors (Lipinski definition) is 2. The third-order valence-corrected chi connectivity index (χ3v) is 4.19. The monoisotopic (exact) mass is 295 g/mol. The molecule has 2 N–H and O–H groups in total. The summed E-state index contributed by atoms with van der Waals surface area (Å²) in [7, 11) is 0. The van der Waals surface area contributed by atoms with Gasteiger partial charge in [-0.05, 0) is 24.5 Å². The second-order valence-corrected chi connectivity index (χ2v) is 6.23. The first-order valence-corrected chi connectivity index (χ1v) is 7.64. The van der Waals surface area contributed by atoms with Crippen LogP contribution in [0.1, 0.15) is 20.3 Å². The molecule has 4 nitrogen and oxygen atoms in total. The number of thioether (sulfide) groups is 1. The molecule has 0 saturated heterocycles. The summed E-state index contributed by atoms with van der Waals surface area (Å²) in [6.07, 6.45) is 1.46. The van der Waals surface area contributed by atoms with Crippen molar-refractivity contribution in [2.24, 2.45) is 17.8 Å². The Balaban J connectivity index is 2.73. The average molecular weight is 295 g/mol. The molecule has 2 atom stereocenters. The summed E-state index contributed by atoms with van der Waals surface area (Å²) in [4.78, 5) is 24.1. The fraction of sp³-hybridized carbons (Fsp3) is 0.467. The normalized spacial score (nSPS) is 13.8. The number of aldehydes is 1. The van der Waals surface area contributed by atoms with Crippen LogP contribution in [0.5, 0.6) is 0 Å². The summed E-state index contributed by atoms with van der Waals surface area (Å²) in [6.45, 7) is 4.02. The highest BCUT2D eigenvalue weighted by Gasteiger charge is 2.28. The Labute approximate surface area is 123 Å². The quantitative estimate of drug-likeness (QED) is 0.335. The van der Waals surface area contributed by atoms with Crippen molar-refractivity contribution in [1.29, 1.82) is 0 Å². The van der Waals surface area contributed by atoms with E-state index in [4.69, 9.17) is 5.21 Å². The number of amides is 1. The van der Waals surface area contributed by atoms with E-state index in [-0.39, 0.29) is 5.92 Å². The first-order valence-electron chi connectivity index (χ1n) is 6.65. The van der Waals surface area contributed by atoms with Crippen LogP contribution in [-0.2, 0) is 9.59 Å². The Bertz CT molecular complexity index is 422. The van der Waals surface area contributed by atoms with Crippen molar-refractivity contribution in [3.05, 3.63) is 30.3 Å². The molecule has 0 aromatic heterocycles. The first-order chi connectivity index (χ1) is 9.58. The number of carbonyl (C=O) groups is 2. The minimum atomic E-state index is -0.523. The number of rotatable bonds is 8. The zero-order chi connectivity index (χ0) is 15.0. The molecule has 1 rings (SSSR count). The summed E-state index contributed by atoms with van der Waals surface area (Å²) >= 11 is 1.51. The molecule has 0 aliphatic heterocycles. The number of benzene rings is 1. The van der Waals surface area contributed by atoms with Crippen LogP contribution in [0.4, 0.5) is 0 Å². The Kier molecular flexibility index (Phi) is 7.33. The second kappa shape index (κ2) is 8.76. The highest BCUT2D eigenvalue weighted by atomic mass is 32.2. The molecule has 0 spiro atoms. The van der Waals surface area contributed by atoms with E-state index in [2.05, 4.69) is 0 Å². The highest BCUT2D eigenvalue weighted by molar-refractivity contribution is 7.99. The number of nitrogens with one attached hydrogen (secondary N) is 1. The minimum Gasteiger partial charge on any atom is -0.303 e. The van der Waals surface area contributed by atoms with Gasteiger partial charge in [0.05, 0.1) is 5.92 Å². The number of carbonyl (C=O) groups excluding carboxylic acids is 2. The SMILES string of the molecule is CC(C)C[C@@H](C=O)C(CSc1ccccc1)C(=O)NO. The summed E-state index contributed by atoms with van der Waals surface area (Å²) in [6, 6.07) is 9.69. The van der Waals surface area contributed by atoms with Crippen LogP contribution in [0.2, 0.25) is 0 Å². The van der Waals surface area contributed by atoms with Crippen molar-refractivity contribution >= 4 is 24.0 Å². The molecule has 0 aliphatic rings. The minimum absolute atomic E-state index is 0.320. The first kappa shape index (κ1) is 16.7. The van der Waals surface area contributed by atoms with Crippen LogP contribution in [0, 0.1) is 17.8 Å². The van der Waals surface area contributed by atoms with E-state index in [9.17, 15) is 9.59 Å². The molecule has 110 valence electrons. The molecule has 1 amide bonds. The van der Waals surface area contributed by atoms with E-state index in [0.717, 1.165) is 11.2 Å². The Hall–Kier alpha value is -1.33. The molecule has 1 unspecified atom stereocenters. The summed E-state index contributed by atoms with van der Waals surface area (Å²) in [5, 5.41) is 8.86. The van der Waals surface area contributed by atoms with Gasteiger partial charge in [0.2, 0.25) is 5.91 Å². The summed E-state index contributed by atoms with van der Waals surface area (Å²) < 4.78 is 0. The zero-order valence-electron chi connectivity index (χ0n) is 11.8. The average Bonchev–Trinajstić information content (AvgIpc) is 2.46. The topological polar surface area (TPSA) is 66.4 Å². The molecule has 1 aromatic carbocycles. The van der Waals surface area contributed by atoms with Gasteiger partial charge in [0.1, 0.15) is 6.29 Å². The van der Waals surface area contributed by atoms with Gasteiger partial charge in [-0.15, -0.1) is 11.8 Å². The van der Waals surface area contributed by atoms with Crippen molar-refractivity contribution in [3.63, 3.8) is 0 Å². The van der Waals surface area contributed by atoms with Gasteiger partial charge >= 0.3 is 0 Å². The van der Waals surface area contributed by atoms with Gasteiger partial charge in [0.25, 0.3) is 0 Å². The van der Waals surface area contributed by atoms with E-state index >= 15 is 0 Å². The molecule has 20 heavy (non-hydrogen) atoms. The summed E-state index contributed by atoms with van der Waals surface area (Å²) in [5.74, 6) is -0.609. The van der Waals surface area contributed by atoms with Crippen LogP contribution < -0.4 is 5.48 Å². The lowest BCUT2D eigenvalue weighted by atomic mass is 9.87. The van der Waals surface area contributed by atoms with Crippen LogP contribution in [0.15, 0.2) is 35.2 Å². The smallest absolute Gasteiger partial charge is 0.248 e. The molecule has 0 bridgehead atoms. The standard InChI is InChI=1S/C15H21NO3S/c1-11(2)8-12(9-17)14(15(18)16-19)10-20-13-6-4-3-5-7-13/h3-7,9,11-12,14,19H,8,10H2,1-2H3,(H,16,18)/t12-,14?/m0/s1. The molecule has 0 fully saturated rings. The maximum atomic E-state index is 11.8.